The van der Waals surface area contributed by atoms with Crippen LogP contribution < -0.4 is 0 Å². The fourth-order valence-electron chi connectivity index (χ4n) is 2.07. The van der Waals surface area contributed by atoms with Gasteiger partial charge in [-0.3, -0.25) is 9.78 Å². The predicted octanol–water partition coefficient (Wildman–Crippen LogP) is 1.06. The second-order valence-electron chi connectivity index (χ2n) is 4.57. The second kappa shape index (κ2) is 4.79. The molecule has 1 aromatic heterocycles. The normalized spacial score (nSPS) is 23.0. The van der Waals surface area contributed by atoms with Gasteiger partial charge in [-0.2, -0.15) is 0 Å². The first-order chi connectivity index (χ1) is 8.06. The molecule has 4 nitrogen and oxygen atoms in total. The van der Waals surface area contributed by atoms with Crippen molar-refractivity contribution in [2.45, 2.75) is 18.9 Å². The van der Waals surface area contributed by atoms with Crippen LogP contribution in [0.3, 0.4) is 0 Å². The maximum atomic E-state index is 12.9. The number of hydrogen-bond donors (Lipinski definition) is 1. The topological polar surface area (TPSA) is 53.4 Å². The van der Waals surface area contributed by atoms with Gasteiger partial charge in [0.25, 0.3) is 5.91 Å². The summed E-state index contributed by atoms with van der Waals surface area (Å²) in [6, 6.07) is 1.18. The highest BCUT2D eigenvalue weighted by molar-refractivity contribution is 5.93. The zero-order valence-corrected chi connectivity index (χ0v) is 9.64. The lowest BCUT2D eigenvalue weighted by Crippen LogP contribution is -2.39. The number of pyridine rings is 1. The third-order valence-corrected chi connectivity index (χ3v) is 3.04. The molecule has 0 saturated heterocycles. The van der Waals surface area contributed by atoms with Gasteiger partial charge in [-0.1, -0.05) is 0 Å². The molecule has 1 fully saturated rings. The van der Waals surface area contributed by atoms with E-state index in [1.165, 1.54) is 12.3 Å². The maximum absolute atomic E-state index is 12.9. The predicted molar refractivity (Wildman–Crippen MR) is 59.9 cm³/mol. The molecule has 0 aliphatic heterocycles. The number of amides is 1. The molecule has 0 radical (unpaired) electrons. The van der Waals surface area contributed by atoms with Crippen molar-refractivity contribution in [1.29, 1.82) is 0 Å². The first-order valence-corrected chi connectivity index (χ1v) is 5.60. The summed E-state index contributed by atoms with van der Waals surface area (Å²) in [6.45, 7) is 0.590. The standard InChI is InChI=1S/C12H15FN2O2/c1-15(7-8-2-11(16)3-8)12(17)9-4-10(13)6-14-5-9/h4-6,8,11,16H,2-3,7H2,1H3. The summed E-state index contributed by atoms with van der Waals surface area (Å²) >= 11 is 0. The van der Waals surface area contributed by atoms with E-state index in [9.17, 15) is 9.18 Å². The molecule has 0 atom stereocenters. The van der Waals surface area contributed by atoms with Crippen molar-refractivity contribution in [2.75, 3.05) is 13.6 Å². The molecule has 1 heterocycles. The van der Waals surface area contributed by atoms with E-state index < -0.39 is 5.82 Å². The van der Waals surface area contributed by atoms with Crippen LogP contribution >= 0.6 is 0 Å². The molecule has 5 heteroatoms. The Balaban J connectivity index is 1.95. The minimum Gasteiger partial charge on any atom is -0.393 e. The van der Waals surface area contributed by atoms with Crippen molar-refractivity contribution in [3.8, 4) is 0 Å². The Bertz CT molecular complexity index is 419. The number of halogens is 1. The molecule has 17 heavy (non-hydrogen) atoms. The van der Waals surface area contributed by atoms with Crippen LogP contribution in [0.4, 0.5) is 4.39 Å². The molecule has 1 saturated carbocycles. The number of hydrogen-bond acceptors (Lipinski definition) is 3. The van der Waals surface area contributed by atoms with Gasteiger partial charge in [0, 0.05) is 19.8 Å². The Labute approximate surface area is 99.1 Å². The van der Waals surface area contributed by atoms with Crippen molar-refractivity contribution < 1.29 is 14.3 Å². The SMILES string of the molecule is CN(CC1CC(O)C1)C(=O)c1cncc(F)c1. The van der Waals surface area contributed by atoms with Crippen molar-refractivity contribution in [3.05, 3.63) is 29.8 Å². The number of aromatic nitrogens is 1. The van der Waals surface area contributed by atoms with Gasteiger partial charge >= 0.3 is 0 Å². The van der Waals surface area contributed by atoms with Crippen LogP contribution in [0.1, 0.15) is 23.2 Å². The molecule has 2 rings (SSSR count). The molecule has 0 unspecified atom stereocenters. The number of rotatable bonds is 3. The average Bonchev–Trinajstić information content (AvgIpc) is 2.26. The lowest BCUT2D eigenvalue weighted by Gasteiger charge is -2.34. The average molecular weight is 238 g/mol. The van der Waals surface area contributed by atoms with Crippen LogP contribution in [-0.4, -0.2) is 40.6 Å². The van der Waals surface area contributed by atoms with Crippen molar-refractivity contribution in [1.82, 2.24) is 9.88 Å². The van der Waals surface area contributed by atoms with Crippen molar-refractivity contribution in [3.63, 3.8) is 0 Å². The van der Waals surface area contributed by atoms with Gasteiger partial charge in [0.2, 0.25) is 0 Å². The number of aliphatic hydroxyl groups is 1. The molecule has 1 N–H and O–H groups in total. The molecule has 1 aliphatic rings. The summed E-state index contributed by atoms with van der Waals surface area (Å²) < 4.78 is 12.9. The Morgan fingerprint density at radius 1 is 1.59 bits per heavy atom. The van der Waals surface area contributed by atoms with Gasteiger partial charge in [-0.15, -0.1) is 0 Å². The highest BCUT2D eigenvalue weighted by Gasteiger charge is 2.29. The Morgan fingerprint density at radius 3 is 2.88 bits per heavy atom. The van der Waals surface area contributed by atoms with E-state index in [-0.39, 0.29) is 17.6 Å². The number of nitrogens with zero attached hydrogens (tertiary/aromatic N) is 2. The molecule has 0 bridgehead atoms. The van der Waals surface area contributed by atoms with Crippen LogP contribution in [-0.2, 0) is 0 Å². The Hall–Kier alpha value is -1.49. The second-order valence-corrected chi connectivity index (χ2v) is 4.57. The summed E-state index contributed by atoms with van der Waals surface area (Å²) in [4.78, 5) is 17.1. The first-order valence-electron chi connectivity index (χ1n) is 5.60. The quantitative estimate of drug-likeness (QED) is 0.856. The van der Waals surface area contributed by atoms with E-state index in [1.54, 1.807) is 11.9 Å². The van der Waals surface area contributed by atoms with E-state index in [1.807, 2.05) is 0 Å². The van der Waals surface area contributed by atoms with Gasteiger partial charge in [0.05, 0.1) is 17.9 Å². The molecule has 92 valence electrons. The van der Waals surface area contributed by atoms with E-state index in [2.05, 4.69) is 4.98 Å². The molecule has 0 aromatic carbocycles. The van der Waals surface area contributed by atoms with Crippen LogP contribution in [0.15, 0.2) is 18.5 Å². The van der Waals surface area contributed by atoms with Gasteiger partial charge in [0.1, 0.15) is 5.82 Å². The van der Waals surface area contributed by atoms with Crippen LogP contribution in [0.2, 0.25) is 0 Å². The first kappa shape index (κ1) is 12.0. The summed E-state index contributed by atoms with van der Waals surface area (Å²) in [5.41, 5.74) is 0.257. The monoisotopic (exact) mass is 238 g/mol. The summed E-state index contributed by atoms with van der Waals surface area (Å²) in [5.74, 6) is -0.401. The molecule has 1 amide bonds. The van der Waals surface area contributed by atoms with E-state index in [4.69, 9.17) is 5.11 Å². The minimum absolute atomic E-state index is 0.223. The fourth-order valence-corrected chi connectivity index (χ4v) is 2.07. The Morgan fingerprint density at radius 2 is 2.29 bits per heavy atom. The fraction of sp³-hybridized carbons (Fsp3) is 0.500. The molecule has 1 aliphatic carbocycles. The summed E-state index contributed by atoms with van der Waals surface area (Å²) in [5, 5.41) is 9.16. The molecular weight excluding hydrogens is 223 g/mol. The summed E-state index contributed by atoms with van der Waals surface area (Å²) in [7, 11) is 1.68. The Kier molecular flexibility index (Phi) is 3.38. The van der Waals surface area contributed by atoms with Crippen LogP contribution in [0.25, 0.3) is 0 Å². The molecule has 0 spiro atoms. The zero-order valence-electron chi connectivity index (χ0n) is 9.64. The van der Waals surface area contributed by atoms with Crippen molar-refractivity contribution in [2.24, 2.45) is 5.92 Å². The lowest BCUT2D eigenvalue weighted by atomic mass is 9.82. The number of aliphatic hydroxyl groups excluding tert-OH is 1. The van der Waals surface area contributed by atoms with Crippen LogP contribution in [0.5, 0.6) is 0 Å². The summed E-state index contributed by atoms with van der Waals surface area (Å²) in [6.07, 6.45) is 3.67. The maximum Gasteiger partial charge on any atom is 0.255 e. The highest BCUT2D eigenvalue weighted by atomic mass is 19.1. The van der Waals surface area contributed by atoms with Gasteiger partial charge in [-0.25, -0.2) is 4.39 Å². The molecule has 1 aromatic rings. The lowest BCUT2D eigenvalue weighted by molar-refractivity contribution is 0.0265. The van der Waals surface area contributed by atoms with E-state index in [0.29, 0.717) is 12.5 Å². The third-order valence-electron chi connectivity index (χ3n) is 3.04. The van der Waals surface area contributed by atoms with Crippen molar-refractivity contribution >= 4 is 5.91 Å². The van der Waals surface area contributed by atoms with Gasteiger partial charge in [-0.05, 0) is 24.8 Å². The largest absolute Gasteiger partial charge is 0.393 e. The van der Waals surface area contributed by atoms with Gasteiger partial charge in [0.15, 0.2) is 0 Å². The minimum atomic E-state index is -0.511. The van der Waals surface area contributed by atoms with Crippen LogP contribution in [0, 0.1) is 11.7 Å². The molecular formula is C12H15FN2O2. The highest BCUT2D eigenvalue weighted by Crippen LogP contribution is 2.27. The zero-order chi connectivity index (χ0) is 12.4. The van der Waals surface area contributed by atoms with E-state index in [0.717, 1.165) is 19.0 Å². The number of carbonyl (C=O) groups is 1. The smallest absolute Gasteiger partial charge is 0.255 e. The third kappa shape index (κ3) is 2.79. The van der Waals surface area contributed by atoms with Gasteiger partial charge < -0.3 is 10.0 Å². The van der Waals surface area contributed by atoms with E-state index >= 15 is 0 Å². The number of carbonyl (C=O) groups excluding carboxylic acids is 1.